The Balaban J connectivity index is 1.45. The first-order chi connectivity index (χ1) is 12.1. The lowest BCUT2D eigenvalue weighted by atomic mass is 10.1. The molecule has 130 valence electrons. The number of nitrogens with zero attached hydrogens (tertiary/aromatic N) is 2. The number of benzene rings is 1. The van der Waals surface area contributed by atoms with E-state index in [2.05, 4.69) is 39.5 Å². The van der Waals surface area contributed by atoms with Crippen molar-refractivity contribution in [1.82, 2.24) is 10.3 Å². The van der Waals surface area contributed by atoms with Crippen molar-refractivity contribution in [3.8, 4) is 9.88 Å². The molecule has 1 amide bonds. The number of carbonyl (C=O) groups is 1. The van der Waals surface area contributed by atoms with E-state index in [1.165, 1.54) is 22.6 Å². The van der Waals surface area contributed by atoms with Crippen molar-refractivity contribution < 1.29 is 4.79 Å². The predicted molar refractivity (Wildman–Crippen MR) is 107 cm³/mol. The summed E-state index contributed by atoms with van der Waals surface area (Å²) in [6.07, 6.45) is 1.86. The highest BCUT2D eigenvalue weighted by Crippen LogP contribution is 2.27. The van der Waals surface area contributed by atoms with Crippen LogP contribution in [-0.2, 0) is 6.42 Å². The van der Waals surface area contributed by atoms with E-state index in [1.54, 1.807) is 11.3 Å². The van der Waals surface area contributed by atoms with E-state index >= 15 is 0 Å². The fraction of sp³-hybridized carbons (Fsp3) is 0.263. The van der Waals surface area contributed by atoms with E-state index in [1.807, 2.05) is 37.0 Å². The molecule has 2 heterocycles. The average molecular weight is 372 g/mol. The molecule has 0 aliphatic heterocycles. The lowest BCUT2D eigenvalue weighted by Crippen LogP contribution is -2.25. The molecule has 2 aromatic heterocycles. The minimum absolute atomic E-state index is 0.0954. The summed E-state index contributed by atoms with van der Waals surface area (Å²) in [5.74, 6) is -0.0954. The number of thiazole rings is 1. The third-order valence-electron chi connectivity index (χ3n) is 3.85. The van der Waals surface area contributed by atoms with Gasteiger partial charge in [-0.2, -0.15) is 0 Å². The summed E-state index contributed by atoms with van der Waals surface area (Å²) in [6.45, 7) is 0.653. The van der Waals surface area contributed by atoms with Crippen LogP contribution in [0.3, 0.4) is 0 Å². The van der Waals surface area contributed by atoms with Gasteiger partial charge in [0, 0.05) is 31.7 Å². The second kappa shape index (κ2) is 8.27. The van der Waals surface area contributed by atoms with E-state index in [-0.39, 0.29) is 5.91 Å². The van der Waals surface area contributed by atoms with Crippen LogP contribution < -0.4 is 10.2 Å². The van der Waals surface area contributed by atoms with Gasteiger partial charge in [-0.1, -0.05) is 18.2 Å². The largest absolute Gasteiger partial charge is 0.378 e. The molecule has 0 radical (unpaired) electrons. The molecule has 25 heavy (non-hydrogen) atoms. The summed E-state index contributed by atoms with van der Waals surface area (Å²) in [4.78, 5) is 19.8. The minimum atomic E-state index is -0.0954. The molecule has 4 nitrogen and oxygen atoms in total. The molecular formula is C19H21N3OS2. The Kier molecular flexibility index (Phi) is 5.83. The van der Waals surface area contributed by atoms with Crippen LogP contribution in [0.15, 0.2) is 47.2 Å². The molecule has 0 atom stereocenters. The van der Waals surface area contributed by atoms with Crippen molar-refractivity contribution in [3.05, 3.63) is 58.4 Å². The number of anilines is 1. The summed E-state index contributed by atoms with van der Waals surface area (Å²) in [6, 6.07) is 12.5. The van der Waals surface area contributed by atoms with Crippen LogP contribution >= 0.6 is 22.7 Å². The summed E-state index contributed by atoms with van der Waals surface area (Å²) >= 11 is 3.15. The summed E-state index contributed by atoms with van der Waals surface area (Å²) < 4.78 is 0. The van der Waals surface area contributed by atoms with E-state index in [4.69, 9.17) is 0 Å². The van der Waals surface area contributed by atoms with Gasteiger partial charge >= 0.3 is 0 Å². The zero-order valence-electron chi connectivity index (χ0n) is 14.4. The molecule has 3 rings (SSSR count). The SMILES string of the molecule is CN(C)c1ccc(CCCNC(=O)c2csc(-c3cccs3)n2)cc1. The van der Waals surface area contributed by atoms with Crippen LogP contribution in [0.25, 0.3) is 9.88 Å². The molecule has 0 saturated heterocycles. The first-order valence-electron chi connectivity index (χ1n) is 8.17. The number of carbonyl (C=O) groups excluding carboxylic acids is 1. The Morgan fingerprint density at radius 1 is 1.16 bits per heavy atom. The van der Waals surface area contributed by atoms with Gasteiger partial charge in [0.2, 0.25) is 0 Å². The van der Waals surface area contributed by atoms with E-state index in [0.717, 1.165) is 22.7 Å². The Hall–Kier alpha value is -2.18. The van der Waals surface area contributed by atoms with Gasteiger partial charge in [0.05, 0.1) is 4.88 Å². The minimum Gasteiger partial charge on any atom is -0.378 e. The number of aryl methyl sites for hydroxylation is 1. The zero-order valence-corrected chi connectivity index (χ0v) is 16.0. The van der Waals surface area contributed by atoms with Crippen molar-refractivity contribution in [3.63, 3.8) is 0 Å². The highest BCUT2D eigenvalue weighted by Gasteiger charge is 2.11. The predicted octanol–water partition coefficient (Wildman–Crippen LogP) is 4.30. The second-order valence-corrected chi connectivity index (χ2v) is 7.74. The van der Waals surface area contributed by atoms with E-state index in [0.29, 0.717) is 12.2 Å². The summed E-state index contributed by atoms with van der Waals surface area (Å²) in [7, 11) is 4.07. The molecule has 0 spiro atoms. The van der Waals surface area contributed by atoms with Gasteiger partial charge in [-0.25, -0.2) is 4.98 Å². The van der Waals surface area contributed by atoms with Crippen molar-refractivity contribution >= 4 is 34.3 Å². The van der Waals surface area contributed by atoms with E-state index < -0.39 is 0 Å². The summed E-state index contributed by atoms with van der Waals surface area (Å²) in [5, 5.41) is 7.70. The van der Waals surface area contributed by atoms with Gasteiger partial charge in [0.25, 0.3) is 5.91 Å². The normalized spacial score (nSPS) is 10.6. The van der Waals surface area contributed by atoms with Gasteiger partial charge in [0.1, 0.15) is 10.7 Å². The number of amides is 1. The number of hydrogen-bond acceptors (Lipinski definition) is 5. The zero-order chi connectivity index (χ0) is 17.6. The molecular weight excluding hydrogens is 350 g/mol. The van der Waals surface area contributed by atoms with Crippen LogP contribution in [0, 0.1) is 0 Å². The van der Waals surface area contributed by atoms with Gasteiger partial charge in [0.15, 0.2) is 0 Å². The van der Waals surface area contributed by atoms with Crippen LogP contribution in [0.1, 0.15) is 22.5 Å². The smallest absolute Gasteiger partial charge is 0.270 e. The Morgan fingerprint density at radius 2 is 1.96 bits per heavy atom. The van der Waals surface area contributed by atoms with Crippen molar-refractivity contribution in [1.29, 1.82) is 0 Å². The van der Waals surface area contributed by atoms with Crippen LogP contribution in [-0.4, -0.2) is 31.5 Å². The number of hydrogen-bond donors (Lipinski definition) is 1. The lowest BCUT2D eigenvalue weighted by molar-refractivity contribution is 0.0949. The highest BCUT2D eigenvalue weighted by atomic mass is 32.1. The molecule has 6 heteroatoms. The Labute approximate surface area is 156 Å². The molecule has 0 fully saturated rings. The van der Waals surface area contributed by atoms with Crippen molar-refractivity contribution in [2.45, 2.75) is 12.8 Å². The lowest BCUT2D eigenvalue weighted by Gasteiger charge is -2.12. The molecule has 1 N–H and O–H groups in total. The topological polar surface area (TPSA) is 45.2 Å². The Bertz CT molecular complexity index is 808. The van der Waals surface area contributed by atoms with Crippen LogP contribution in [0.4, 0.5) is 5.69 Å². The molecule has 0 saturated carbocycles. The van der Waals surface area contributed by atoms with Crippen molar-refractivity contribution in [2.75, 3.05) is 25.5 Å². The first-order valence-corrected chi connectivity index (χ1v) is 9.93. The monoisotopic (exact) mass is 371 g/mol. The van der Waals surface area contributed by atoms with Gasteiger partial charge in [-0.05, 0) is 42.0 Å². The first kappa shape index (κ1) is 17.6. The molecule has 0 bridgehead atoms. The maximum absolute atomic E-state index is 12.2. The van der Waals surface area contributed by atoms with Gasteiger partial charge in [-0.3, -0.25) is 4.79 Å². The maximum atomic E-state index is 12.2. The molecule has 1 aromatic carbocycles. The average Bonchev–Trinajstić information content (AvgIpc) is 3.29. The number of rotatable bonds is 7. The van der Waals surface area contributed by atoms with Gasteiger partial charge < -0.3 is 10.2 Å². The molecule has 0 unspecified atom stereocenters. The fourth-order valence-corrected chi connectivity index (χ4v) is 4.05. The highest BCUT2D eigenvalue weighted by molar-refractivity contribution is 7.20. The number of aromatic nitrogens is 1. The third-order valence-corrected chi connectivity index (χ3v) is 5.73. The fourth-order valence-electron chi connectivity index (χ4n) is 2.44. The van der Waals surface area contributed by atoms with Crippen molar-refractivity contribution in [2.24, 2.45) is 0 Å². The molecule has 0 aliphatic rings. The second-order valence-electron chi connectivity index (χ2n) is 5.94. The standard InChI is InChI=1S/C19H21N3OS2/c1-22(2)15-9-7-14(8-10-15)5-3-11-20-18(23)16-13-25-19(21-16)17-6-4-12-24-17/h4,6-10,12-13H,3,5,11H2,1-2H3,(H,20,23). The quantitative estimate of drug-likeness (QED) is 0.630. The number of thiophene rings is 1. The van der Waals surface area contributed by atoms with Crippen LogP contribution in [0.2, 0.25) is 0 Å². The molecule has 0 aliphatic carbocycles. The maximum Gasteiger partial charge on any atom is 0.270 e. The van der Waals surface area contributed by atoms with E-state index in [9.17, 15) is 4.79 Å². The molecule has 3 aromatic rings. The van der Waals surface area contributed by atoms with Crippen LogP contribution in [0.5, 0.6) is 0 Å². The van der Waals surface area contributed by atoms with Gasteiger partial charge in [-0.15, -0.1) is 22.7 Å². The number of nitrogens with one attached hydrogen (secondary N) is 1. The summed E-state index contributed by atoms with van der Waals surface area (Å²) in [5.41, 5.74) is 2.99. The Morgan fingerprint density at radius 3 is 2.64 bits per heavy atom. The third kappa shape index (κ3) is 4.67.